The van der Waals surface area contributed by atoms with Gasteiger partial charge in [0.1, 0.15) is 6.04 Å². The Morgan fingerprint density at radius 3 is 1.96 bits per heavy atom. The van der Waals surface area contributed by atoms with Crippen LogP contribution < -0.4 is 5.32 Å². The molecule has 0 aliphatic rings. The van der Waals surface area contributed by atoms with E-state index in [-0.39, 0.29) is 11.5 Å². The molecule has 0 saturated carbocycles. The predicted octanol–water partition coefficient (Wildman–Crippen LogP) is 4.63. The van der Waals surface area contributed by atoms with Gasteiger partial charge in [-0.1, -0.05) is 48.5 Å². The molecule has 0 radical (unpaired) electrons. The van der Waals surface area contributed by atoms with Gasteiger partial charge in [-0.3, -0.25) is 14.9 Å². The smallest absolute Gasteiger partial charge is 0.269 e. The number of carbonyl (C=O) groups is 1. The summed E-state index contributed by atoms with van der Waals surface area (Å²) in [6.45, 7) is 0. The molecule has 0 spiro atoms. The number of benzene rings is 3. The first-order valence-corrected chi connectivity index (χ1v) is 7.80. The summed E-state index contributed by atoms with van der Waals surface area (Å²) in [5.74, 6) is -0.148. The van der Waals surface area contributed by atoms with Crippen LogP contribution in [0.5, 0.6) is 0 Å². The predicted molar refractivity (Wildman–Crippen MR) is 96.7 cm³/mol. The standard InChI is InChI=1S/C20H16N2O3/c23-20(16-11-13-18(14-12-16)22(24)25)19(15-7-3-1-4-8-15)21-17-9-5-2-6-10-17/h1-14,19,21H. The molecule has 25 heavy (non-hydrogen) atoms. The average molecular weight is 332 g/mol. The highest BCUT2D eigenvalue weighted by Gasteiger charge is 2.22. The number of non-ortho nitro benzene ring substituents is 1. The summed E-state index contributed by atoms with van der Waals surface area (Å²) >= 11 is 0. The number of nitro groups is 1. The lowest BCUT2D eigenvalue weighted by molar-refractivity contribution is -0.384. The van der Waals surface area contributed by atoms with E-state index in [0.717, 1.165) is 11.3 Å². The van der Waals surface area contributed by atoms with Crippen molar-refractivity contribution in [1.82, 2.24) is 0 Å². The van der Waals surface area contributed by atoms with Crippen molar-refractivity contribution in [3.63, 3.8) is 0 Å². The molecule has 0 amide bonds. The van der Waals surface area contributed by atoms with E-state index in [4.69, 9.17) is 0 Å². The fourth-order valence-electron chi connectivity index (χ4n) is 2.56. The van der Waals surface area contributed by atoms with E-state index in [1.165, 1.54) is 24.3 Å². The molecule has 0 bridgehead atoms. The zero-order valence-electron chi connectivity index (χ0n) is 13.3. The fraction of sp³-hybridized carbons (Fsp3) is 0.0500. The minimum absolute atomic E-state index is 0.0381. The third-order valence-corrected chi connectivity index (χ3v) is 3.84. The van der Waals surface area contributed by atoms with Crippen LogP contribution in [0.15, 0.2) is 84.9 Å². The number of rotatable bonds is 6. The zero-order chi connectivity index (χ0) is 17.6. The van der Waals surface area contributed by atoms with E-state index in [0.29, 0.717) is 5.56 Å². The molecular weight excluding hydrogens is 316 g/mol. The summed E-state index contributed by atoms with van der Waals surface area (Å²) in [5, 5.41) is 14.0. The number of nitro benzene ring substituents is 1. The molecule has 3 aromatic rings. The number of para-hydroxylation sites is 1. The summed E-state index contributed by atoms with van der Waals surface area (Å²) in [5.41, 5.74) is 2.04. The summed E-state index contributed by atoms with van der Waals surface area (Å²) in [6, 6.07) is 23.9. The van der Waals surface area contributed by atoms with Crippen LogP contribution in [0.3, 0.4) is 0 Å². The monoisotopic (exact) mass is 332 g/mol. The van der Waals surface area contributed by atoms with Gasteiger partial charge < -0.3 is 5.32 Å². The third kappa shape index (κ3) is 3.90. The van der Waals surface area contributed by atoms with Crippen molar-refractivity contribution in [1.29, 1.82) is 0 Å². The number of ketones is 1. The van der Waals surface area contributed by atoms with Crippen LogP contribution in [0.25, 0.3) is 0 Å². The Hall–Kier alpha value is -3.47. The molecule has 1 atom stereocenters. The van der Waals surface area contributed by atoms with Crippen LogP contribution in [0.4, 0.5) is 11.4 Å². The van der Waals surface area contributed by atoms with Crippen molar-refractivity contribution < 1.29 is 9.72 Å². The third-order valence-electron chi connectivity index (χ3n) is 3.84. The van der Waals surface area contributed by atoms with Crippen molar-refractivity contribution in [2.45, 2.75) is 6.04 Å². The van der Waals surface area contributed by atoms with Gasteiger partial charge in [0.15, 0.2) is 5.78 Å². The van der Waals surface area contributed by atoms with E-state index in [2.05, 4.69) is 5.32 Å². The molecule has 0 aliphatic heterocycles. The second-order valence-electron chi connectivity index (χ2n) is 5.52. The van der Waals surface area contributed by atoms with Crippen molar-refractivity contribution in [3.05, 3.63) is 106 Å². The van der Waals surface area contributed by atoms with Crippen LogP contribution in [-0.4, -0.2) is 10.7 Å². The maximum atomic E-state index is 13.0. The zero-order valence-corrected chi connectivity index (χ0v) is 13.3. The second-order valence-corrected chi connectivity index (χ2v) is 5.52. The minimum atomic E-state index is -0.579. The quantitative estimate of drug-likeness (QED) is 0.406. The first kappa shape index (κ1) is 16.4. The molecule has 0 heterocycles. The molecule has 0 fully saturated rings. The number of nitrogens with one attached hydrogen (secondary N) is 1. The van der Waals surface area contributed by atoms with E-state index in [1.54, 1.807) is 0 Å². The van der Waals surface area contributed by atoms with Gasteiger partial charge in [0.2, 0.25) is 0 Å². The lowest BCUT2D eigenvalue weighted by atomic mass is 9.97. The van der Waals surface area contributed by atoms with Gasteiger partial charge in [0.25, 0.3) is 5.69 Å². The highest BCUT2D eigenvalue weighted by molar-refractivity contribution is 6.02. The summed E-state index contributed by atoms with van der Waals surface area (Å²) < 4.78 is 0. The lowest BCUT2D eigenvalue weighted by Crippen LogP contribution is -2.21. The van der Waals surface area contributed by atoms with Gasteiger partial charge in [-0.05, 0) is 29.8 Å². The van der Waals surface area contributed by atoms with Gasteiger partial charge in [0.05, 0.1) is 4.92 Å². The molecule has 1 N–H and O–H groups in total. The van der Waals surface area contributed by atoms with Gasteiger partial charge in [-0.2, -0.15) is 0 Å². The molecular formula is C20H16N2O3. The van der Waals surface area contributed by atoms with Gasteiger partial charge in [0, 0.05) is 23.4 Å². The molecule has 0 aromatic heterocycles. The first-order valence-electron chi connectivity index (χ1n) is 7.80. The van der Waals surface area contributed by atoms with Gasteiger partial charge in [-0.15, -0.1) is 0 Å². The number of Topliss-reactive ketones (excluding diaryl/α,β-unsaturated/α-hetero) is 1. The Kier molecular flexibility index (Phi) is 4.85. The SMILES string of the molecule is O=C(c1ccc([N+](=O)[O-])cc1)C(Nc1ccccc1)c1ccccc1. The Balaban J connectivity index is 1.93. The van der Waals surface area contributed by atoms with E-state index < -0.39 is 11.0 Å². The van der Waals surface area contributed by atoms with Crippen molar-refractivity contribution in [2.24, 2.45) is 0 Å². The maximum absolute atomic E-state index is 13.0. The minimum Gasteiger partial charge on any atom is -0.371 e. The Labute approximate surface area is 145 Å². The molecule has 0 saturated heterocycles. The number of hydrogen-bond donors (Lipinski definition) is 1. The van der Waals surface area contributed by atoms with Crippen LogP contribution in [0, 0.1) is 10.1 Å². The largest absolute Gasteiger partial charge is 0.371 e. The number of carbonyl (C=O) groups excluding carboxylic acids is 1. The van der Waals surface area contributed by atoms with Crippen LogP contribution in [0.2, 0.25) is 0 Å². The summed E-state index contributed by atoms with van der Waals surface area (Å²) in [6.07, 6.45) is 0. The van der Waals surface area contributed by atoms with Crippen LogP contribution in [0.1, 0.15) is 22.0 Å². The highest BCUT2D eigenvalue weighted by atomic mass is 16.6. The fourth-order valence-corrected chi connectivity index (χ4v) is 2.56. The molecule has 5 nitrogen and oxygen atoms in total. The molecule has 3 aromatic carbocycles. The molecule has 1 unspecified atom stereocenters. The molecule has 124 valence electrons. The van der Waals surface area contributed by atoms with Gasteiger partial charge >= 0.3 is 0 Å². The van der Waals surface area contributed by atoms with Crippen molar-refractivity contribution >= 4 is 17.2 Å². The van der Waals surface area contributed by atoms with Crippen molar-refractivity contribution in [2.75, 3.05) is 5.32 Å². The van der Waals surface area contributed by atoms with E-state index >= 15 is 0 Å². The molecule has 3 rings (SSSR count). The second kappa shape index (κ2) is 7.40. The van der Waals surface area contributed by atoms with Crippen molar-refractivity contribution in [3.8, 4) is 0 Å². The number of hydrogen-bond acceptors (Lipinski definition) is 4. The van der Waals surface area contributed by atoms with Crippen LogP contribution in [-0.2, 0) is 0 Å². The number of anilines is 1. The summed E-state index contributed by atoms with van der Waals surface area (Å²) in [4.78, 5) is 23.3. The van der Waals surface area contributed by atoms with Crippen LogP contribution >= 0.6 is 0 Å². The molecule has 0 aliphatic carbocycles. The van der Waals surface area contributed by atoms with E-state index in [9.17, 15) is 14.9 Å². The Bertz CT molecular complexity index is 862. The molecule has 5 heteroatoms. The Morgan fingerprint density at radius 1 is 0.840 bits per heavy atom. The first-order chi connectivity index (χ1) is 12.1. The highest BCUT2D eigenvalue weighted by Crippen LogP contribution is 2.24. The number of nitrogens with zero attached hydrogens (tertiary/aromatic N) is 1. The van der Waals surface area contributed by atoms with Gasteiger partial charge in [-0.25, -0.2) is 0 Å². The topological polar surface area (TPSA) is 72.2 Å². The Morgan fingerprint density at radius 2 is 1.40 bits per heavy atom. The van der Waals surface area contributed by atoms with E-state index in [1.807, 2.05) is 60.7 Å². The lowest BCUT2D eigenvalue weighted by Gasteiger charge is -2.19. The maximum Gasteiger partial charge on any atom is 0.269 e. The normalized spacial score (nSPS) is 11.5. The average Bonchev–Trinajstić information content (AvgIpc) is 2.67. The summed E-state index contributed by atoms with van der Waals surface area (Å²) in [7, 11) is 0.